The molecule has 0 amide bonds. The van der Waals surface area contributed by atoms with Crippen LogP contribution in [0.15, 0.2) is 0 Å². The number of nitrogens with two attached hydrogens (primary N) is 2. The minimum atomic E-state index is 0.316. The third kappa shape index (κ3) is 1.86. The first kappa shape index (κ1) is 10.5. The van der Waals surface area contributed by atoms with Crippen LogP contribution in [0.5, 0.6) is 0 Å². The molecule has 1 aromatic heterocycles. The molecular formula is C9H15N5. The first-order valence-corrected chi connectivity index (χ1v) is 4.51. The van der Waals surface area contributed by atoms with Gasteiger partial charge in [-0.25, -0.2) is 0 Å². The van der Waals surface area contributed by atoms with E-state index in [0.717, 1.165) is 5.69 Å². The van der Waals surface area contributed by atoms with Crippen molar-refractivity contribution in [3.8, 4) is 6.07 Å². The van der Waals surface area contributed by atoms with Gasteiger partial charge < -0.3 is 11.5 Å². The van der Waals surface area contributed by atoms with E-state index < -0.39 is 0 Å². The third-order valence-corrected chi connectivity index (χ3v) is 2.22. The van der Waals surface area contributed by atoms with Gasteiger partial charge in [0, 0.05) is 7.05 Å². The summed E-state index contributed by atoms with van der Waals surface area (Å²) in [6.07, 6.45) is 0.699. The minimum Gasteiger partial charge on any atom is -0.383 e. The quantitative estimate of drug-likeness (QED) is 0.707. The maximum atomic E-state index is 8.88. The maximum absolute atomic E-state index is 8.88. The zero-order valence-corrected chi connectivity index (χ0v) is 8.49. The standard InChI is InChI=1S/C9H15N5/c1-6(4-10)3-8-7(5-11)9(12)14(2)13-8/h6H,3-4,10,12H2,1-2H3. The van der Waals surface area contributed by atoms with Gasteiger partial charge in [-0.15, -0.1) is 0 Å². The number of nitrogen functional groups attached to an aromatic ring is 1. The van der Waals surface area contributed by atoms with Gasteiger partial charge in [-0.1, -0.05) is 6.92 Å². The van der Waals surface area contributed by atoms with Crippen LogP contribution in [0.3, 0.4) is 0 Å². The number of aryl methyl sites for hydroxylation is 1. The molecule has 5 heteroatoms. The molecule has 4 N–H and O–H groups in total. The van der Waals surface area contributed by atoms with E-state index in [1.54, 1.807) is 7.05 Å². The number of nitrogens with zero attached hydrogens (tertiary/aromatic N) is 3. The summed E-state index contributed by atoms with van der Waals surface area (Å²) in [6.45, 7) is 2.60. The fourth-order valence-corrected chi connectivity index (χ4v) is 1.27. The van der Waals surface area contributed by atoms with Crippen molar-refractivity contribution in [3.63, 3.8) is 0 Å². The second-order valence-corrected chi connectivity index (χ2v) is 3.49. The second-order valence-electron chi connectivity index (χ2n) is 3.49. The van der Waals surface area contributed by atoms with E-state index in [1.807, 2.05) is 6.92 Å². The molecule has 0 fully saturated rings. The molecule has 1 heterocycles. The van der Waals surface area contributed by atoms with E-state index in [1.165, 1.54) is 4.68 Å². The predicted molar refractivity (Wildman–Crippen MR) is 54.3 cm³/mol. The van der Waals surface area contributed by atoms with Crippen LogP contribution in [0.25, 0.3) is 0 Å². The van der Waals surface area contributed by atoms with E-state index >= 15 is 0 Å². The lowest BCUT2D eigenvalue weighted by molar-refractivity contribution is 0.576. The molecule has 0 aliphatic rings. The average molecular weight is 193 g/mol. The van der Waals surface area contributed by atoms with Crippen molar-refractivity contribution in [1.29, 1.82) is 5.26 Å². The van der Waals surface area contributed by atoms with Crippen molar-refractivity contribution < 1.29 is 0 Å². The number of aromatic nitrogens is 2. The van der Waals surface area contributed by atoms with Gasteiger partial charge >= 0.3 is 0 Å². The molecule has 14 heavy (non-hydrogen) atoms. The zero-order valence-electron chi connectivity index (χ0n) is 8.49. The number of nitriles is 1. The Balaban J connectivity index is 2.98. The summed E-state index contributed by atoms with van der Waals surface area (Å²) in [5.74, 6) is 0.739. The molecule has 0 radical (unpaired) electrons. The van der Waals surface area contributed by atoms with Crippen LogP contribution >= 0.6 is 0 Å². The molecule has 0 aromatic carbocycles. The van der Waals surface area contributed by atoms with Crippen molar-refractivity contribution in [3.05, 3.63) is 11.3 Å². The van der Waals surface area contributed by atoms with Crippen molar-refractivity contribution in [2.45, 2.75) is 13.3 Å². The SMILES string of the molecule is CC(CN)Cc1nn(C)c(N)c1C#N. The van der Waals surface area contributed by atoms with Crippen LogP contribution in [0.1, 0.15) is 18.2 Å². The van der Waals surface area contributed by atoms with Crippen LogP contribution in [0, 0.1) is 17.2 Å². The second kappa shape index (κ2) is 4.11. The van der Waals surface area contributed by atoms with Crippen LogP contribution in [-0.2, 0) is 13.5 Å². The number of hydrogen-bond donors (Lipinski definition) is 2. The van der Waals surface area contributed by atoms with Gasteiger partial charge in [-0.3, -0.25) is 4.68 Å². The van der Waals surface area contributed by atoms with Crippen molar-refractivity contribution >= 4 is 5.82 Å². The summed E-state index contributed by atoms with van der Waals surface area (Å²) in [7, 11) is 1.73. The number of anilines is 1. The van der Waals surface area contributed by atoms with Gasteiger partial charge in [0.25, 0.3) is 0 Å². The van der Waals surface area contributed by atoms with E-state index in [2.05, 4.69) is 11.2 Å². The first-order chi connectivity index (χ1) is 6.60. The summed E-state index contributed by atoms with van der Waals surface area (Å²) in [6, 6.07) is 2.06. The Bertz CT molecular complexity index is 360. The number of rotatable bonds is 3. The van der Waals surface area contributed by atoms with Crippen LogP contribution in [0.4, 0.5) is 5.82 Å². The average Bonchev–Trinajstić information content (AvgIpc) is 2.42. The Morgan fingerprint density at radius 3 is 2.79 bits per heavy atom. The maximum Gasteiger partial charge on any atom is 0.139 e. The van der Waals surface area contributed by atoms with E-state index in [4.69, 9.17) is 16.7 Å². The van der Waals surface area contributed by atoms with Crippen LogP contribution in [0.2, 0.25) is 0 Å². The highest BCUT2D eigenvalue weighted by Crippen LogP contribution is 2.17. The first-order valence-electron chi connectivity index (χ1n) is 4.51. The lowest BCUT2D eigenvalue weighted by Gasteiger charge is -2.04. The fraction of sp³-hybridized carbons (Fsp3) is 0.556. The molecule has 0 spiro atoms. The molecule has 0 bridgehead atoms. The predicted octanol–water partition coefficient (Wildman–Crippen LogP) is 0.0113. The normalized spacial score (nSPS) is 12.4. The Morgan fingerprint density at radius 1 is 1.64 bits per heavy atom. The monoisotopic (exact) mass is 193 g/mol. The molecule has 1 atom stereocenters. The molecular weight excluding hydrogens is 178 g/mol. The molecule has 0 aliphatic carbocycles. The molecule has 5 nitrogen and oxygen atoms in total. The smallest absolute Gasteiger partial charge is 0.139 e. The number of hydrogen-bond acceptors (Lipinski definition) is 4. The molecule has 0 saturated carbocycles. The molecule has 1 rings (SSSR count). The van der Waals surface area contributed by atoms with Crippen LogP contribution < -0.4 is 11.5 Å². The zero-order chi connectivity index (χ0) is 10.7. The van der Waals surface area contributed by atoms with Crippen molar-refractivity contribution in [2.75, 3.05) is 12.3 Å². The van der Waals surface area contributed by atoms with Gasteiger partial charge in [0.2, 0.25) is 0 Å². The van der Waals surface area contributed by atoms with Gasteiger partial charge in [-0.2, -0.15) is 10.4 Å². The molecule has 0 saturated heterocycles. The summed E-state index contributed by atoms with van der Waals surface area (Å²) in [4.78, 5) is 0. The van der Waals surface area contributed by atoms with E-state index in [9.17, 15) is 0 Å². The fourth-order valence-electron chi connectivity index (χ4n) is 1.27. The summed E-state index contributed by atoms with van der Waals surface area (Å²) in [5, 5.41) is 13.1. The van der Waals surface area contributed by atoms with E-state index in [0.29, 0.717) is 30.3 Å². The molecule has 1 unspecified atom stereocenters. The summed E-state index contributed by atoms with van der Waals surface area (Å²) >= 11 is 0. The Hall–Kier alpha value is -1.54. The van der Waals surface area contributed by atoms with Crippen molar-refractivity contribution in [2.24, 2.45) is 18.7 Å². The summed E-state index contributed by atoms with van der Waals surface area (Å²) < 4.78 is 1.52. The lowest BCUT2D eigenvalue weighted by Crippen LogP contribution is -2.14. The van der Waals surface area contributed by atoms with Gasteiger partial charge in [0.1, 0.15) is 17.5 Å². The molecule has 1 aromatic rings. The van der Waals surface area contributed by atoms with Gasteiger partial charge in [-0.05, 0) is 18.9 Å². The molecule has 76 valence electrons. The Morgan fingerprint density at radius 2 is 2.29 bits per heavy atom. The summed E-state index contributed by atoms with van der Waals surface area (Å²) in [5.41, 5.74) is 12.4. The molecule has 0 aliphatic heterocycles. The van der Waals surface area contributed by atoms with Crippen LogP contribution in [-0.4, -0.2) is 16.3 Å². The topological polar surface area (TPSA) is 93.7 Å². The van der Waals surface area contributed by atoms with Gasteiger partial charge in [0.15, 0.2) is 0 Å². The largest absolute Gasteiger partial charge is 0.383 e. The van der Waals surface area contributed by atoms with E-state index in [-0.39, 0.29) is 0 Å². The highest BCUT2D eigenvalue weighted by Gasteiger charge is 2.14. The Kier molecular flexibility index (Phi) is 3.10. The van der Waals surface area contributed by atoms with Crippen molar-refractivity contribution in [1.82, 2.24) is 9.78 Å². The highest BCUT2D eigenvalue weighted by atomic mass is 15.3. The highest BCUT2D eigenvalue weighted by molar-refractivity contribution is 5.51. The van der Waals surface area contributed by atoms with Gasteiger partial charge in [0.05, 0.1) is 5.69 Å². The minimum absolute atomic E-state index is 0.316. The lowest BCUT2D eigenvalue weighted by atomic mass is 10.0. The third-order valence-electron chi connectivity index (χ3n) is 2.22. The Labute approximate surface area is 83.3 Å².